The molecular formula is C13H20O3. The van der Waals surface area contributed by atoms with E-state index < -0.39 is 0 Å². The lowest BCUT2D eigenvalue weighted by molar-refractivity contribution is 0.250. The Hall–Kier alpha value is -1.38. The normalized spacial score (nSPS) is 10.4. The van der Waals surface area contributed by atoms with Gasteiger partial charge in [-0.3, -0.25) is 0 Å². The molecule has 0 heterocycles. The van der Waals surface area contributed by atoms with Gasteiger partial charge in [0.15, 0.2) is 11.5 Å². The molecule has 0 atom stereocenters. The molecule has 0 unspecified atom stereocenters. The maximum Gasteiger partial charge on any atom is 0.203 e. The fraction of sp³-hybridized carbons (Fsp3) is 0.538. The van der Waals surface area contributed by atoms with Gasteiger partial charge in [-0.1, -0.05) is 19.9 Å². The van der Waals surface area contributed by atoms with Crippen LogP contribution < -0.4 is 14.2 Å². The maximum absolute atomic E-state index is 5.76. The quantitative estimate of drug-likeness (QED) is 0.769. The second-order valence-electron chi connectivity index (χ2n) is 4.15. The molecule has 3 heteroatoms. The molecule has 0 bridgehead atoms. The van der Waals surface area contributed by atoms with Crippen LogP contribution in [0.4, 0.5) is 0 Å². The van der Waals surface area contributed by atoms with Gasteiger partial charge in [0.2, 0.25) is 5.75 Å². The zero-order chi connectivity index (χ0) is 12.1. The SMILES string of the molecule is COc1ccc(C)c(OCC(C)C)c1OC. The Morgan fingerprint density at radius 2 is 1.75 bits per heavy atom. The molecule has 0 aromatic heterocycles. The van der Waals surface area contributed by atoms with E-state index in [0.717, 1.165) is 11.3 Å². The van der Waals surface area contributed by atoms with Crippen molar-refractivity contribution in [3.05, 3.63) is 17.7 Å². The molecule has 16 heavy (non-hydrogen) atoms. The van der Waals surface area contributed by atoms with Gasteiger partial charge in [0.1, 0.15) is 0 Å². The van der Waals surface area contributed by atoms with E-state index in [0.29, 0.717) is 24.0 Å². The molecule has 0 spiro atoms. The Kier molecular flexibility index (Phi) is 4.47. The fourth-order valence-corrected chi connectivity index (χ4v) is 1.43. The summed E-state index contributed by atoms with van der Waals surface area (Å²) in [7, 11) is 3.25. The van der Waals surface area contributed by atoms with Crippen molar-refractivity contribution in [2.45, 2.75) is 20.8 Å². The summed E-state index contributed by atoms with van der Waals surface area (Å²) in [5.74, 6) is 2.63. The van der Waals surface area contributed by atoms with Crippen LogP contribution in [0, 0.1) is 12.8 Å². The number of hydrogen-bond acceptors (Lipinski definition) is 3. The van der Waals surface area contributed by atoms with Crippen LogP contribution in [0.2, 0.25) is 0 Å². The molecule has 90 valence electrons. The van der Waals surface area contributed by atoms with Crippen molar-refractivity contribution in [2.75, 3.05) is 20.8 Å². The van der Waals surface area contributed by atoms with E-state index in [1.54, 1.807) is 14.2 Å². The second kappa shape index (κ2) is 5.64. The molecule has 0 aliphatic carbocycles. The zero-order valence-electron chi connectivity index (χ0n) is 10.7. The van der Waals surface area contributed by atoms with Crippen LogP contribution in [0.25, 0.3) is 0 Å². The van der Waals surface area contributed by atoms with Gasteiger partial charge in [0.25, 0.3) is 0 Å². The molecule has 0 N–H and O–H groups in total. The number of methoxy groups -OCH3 is 2. The summed E-state index contributed by atoms with van der Waals surface area (Å²) in [5, 5.41) is 0. The van der Waals surface area contributed by atoms with Crippen molar-refractivity contribution < 1.29 is 14.2 Å². The lowest BCUT2D eigenvalue weighted by atomic mass is 10.2. The lowest BCUT2D eigenvalue weighted by Crippen LogP contribution is -2.07. The summed E-state index contributed by atoms with van der Waals surface area (Å²) in [6, 6.07) is 3.85. The highest BCUT2D eigenvalue weighted by Crippen LogP contribution is 2.39. The van der Waals surface area contributed by atoms with Gasteiger partial charge in [-0.2, -0.15) is 0 Å². The van der Waals surface area contributed by atoms with Crippen molar-refractivity contribution in [2.24, 2.45) is 5.92 Å². The third-order valence-electron chi connectivity index (χ3n) is 2.26. The first-order valence-electron chi connectivity index (χ1n) is 5.44. The molecule has 0 aliphatic heterocycles. The number of rotatable bonds is 5. The van der Waals surface area contributed by atoms with Crippen molar-refractivity contribution in [1.82, 2.24) is 0 Å². The lowest BCUT2D eigenvalue weighted by Gasteiger charge is -2.16. The Morgan fingerprint density at radius 3 is 2.25 bits per heavy atom. The first-order chi connectivity index (χ1) is 7.60. The maximum atomic E-state index is 5.76. The topological polar surface area (TPSA) is 27.7 Å². The Morgan fingerprint density at radius 1 is 1.06 bits per heavy atom. The fourth-order valence-electron chi connectivity index (χ4n) is 1.43. The van der Waals surface area contributed by atoms with Crippen LogP contribution in [-0.4, -0.2) is 20.8 Å². The summed E-state index contributed by atoms with van der Waals surface area (Å²) >= 11 is 0. The Balaban J connectivity index is 3.03. The first kappa shape index (κ1) is 12.7. The monoisotopic (exact) mass is 224 g/mol. The minimum Gasteiger partial charge on any atom is -0.493 e. The highest BCUT2D eigenvalue weighted by atomic mass is 16.5. The summed E-state index contributed by atoms with van der Waals surface area (Å²) in [6.07, 6.45) is 0. The van der Waals surface area contributed by atoms with Gasteiger partial charge in [-0.15, -0.1) is 0 Å². The van der Waals surface area contributed by atoms with Crippen LogP contribution in [0.3, 0.4) is 0 Å². The van der Waals surface area contributed by atoms with Crippen LogP contribution >= 0.6 is 0 Å². The number of benzene rings is 1. The predicted octanol–water partition coefficient (Wildman–Crippen LogP) is 3.05. The van der Waals surface area contributed by atoms with Crippen molar-refractivity contribution in [1.29, 1.82) is 0 Å². The summed E-state index contributed by atoms with van der Waals surface area (Å²) in [4.78, 5) is 0. The summed E-state index contributed by atoms with van der Waals surface area (Å²) < 4.78 is 16.3. The van der Waals surface area contributed by atoms with E-state index >= 15 is 0 Å². The van der Waals surface area contributed by atoms with Gasteiger partial charge in [0, 0.05) is 0 Å². The molecule has 3 nitrogen and oxygen atoms in total. The van der Waals surface area contributed by atoms with E-state index in [1.807, 2.05) is 19.1 Å². The van der Waals surface area contributed by atoms with Crippen LogP contribution in [0.5, 0.6) is 17.2 Å². The highest BCUT2D eigenvalue weighted by molar-refractivity contribution is 5.55. The largest absolute Gasteiger partial charge is 0.493 e. The summed E-state index contributed by atoms with van der Waals surface area (Å²) in [5.41, 5.74) is 1.05. The highest BCUT2D eigenvalue weighted by Gasteiger charge is 2.14. The van der Waals surface area contributed by atoms with E-state index in [-0.39, 0.29) is 0 Å². The Labute approximate surface area is 97.3 Å². The molecule has 0 saturated carbocycles. The second-order valence-corrected chi connectivity index (χ2v) is 4.15. The Bertz CT molecular complexity index is 345. The van der Waals surface area contributed by atoms with E-state index in [1.165, 1.54) is 0 Å². The molecule has 0 fully saturated rings. The average Bonchev–Trinajstić information content (AvgIpc) is 2.26. The first-order valence-corrected chi connectivity index (χ1v) is 5.44. The minimum absolute atomic E-state index is 0.482. The average molecular weight is 224 g/mol. The molecule has 1 aromatic rings. The summed E-state index contributed by atoms with van der Waals surface area (Å²) in [6.45, 7) is 6.89. The molecule has 0 radical (unpaired) electrons. The van der Waals surface area contributed by atoms with E-state index in [9.17, 15) is 0 Å². The third-order valence-corrected chi connectivity index (χ3v) is 2.26. The molecule has 1 rings (SSSR count). The van der Waals surface area contributed by atoms with Gasteiger partial charge in [-0.05, 0) is 24.5 Å². The number of ether oxygens (including phenoxy) is 3. The van der Waals surface area contributed by atoms with Crippen molar-refractivity contribution >= 4 is 0 Å². The van der Waals surface area contributed by atoms with Gasteiger partial charge < -0.3 is 14.2 Å². The number of hydrogen-bond donors (Lipinski definition) is 0. The molecule has 1 aromatic carbocycles. The van der Waals surface area contributed by atoms with Crippen molar-refractivity contribution in [3.8, 4) is 17.2 Å². The predicted molar refractivity (Wildman–Crippen MR) is 64.6 cm³/mol. The van der Waals surface area contributed by atoms with Gasteiger partial charge >= 0.3 is 0 Å². The molecule has 0 saturated heterocycles. The molecule has 0 aliphatic rings. The molecular weight excluding hydrogens is 204 g/mol. The standard InChI is InChI=1S/C13H20O3/c1-9(2)8-16-12-10(3)6-7-11(14-4)13(12)15-5/h6-7,9H,8H2,1-5H3. The van der Waals surface area contributed by atoms with Crippen molar-refractivity contribution in [3.63, 3.8) is 0 Å². The van der Waals surface area contributed by atoms with Crippen LogP contribution in [0.1, 0.15) is 19.4 Å². The van der Waals surface area contributed by atoms with Crippen LogP contribution in [-0.2, 0) is 0 Å². The van der Waals surface area contributed by atoms with Gasteiger partial charge in [-0.25, -0.2) is 0 Å². The smallest absolute Gasteiger partial charge is 0.203 e. The number of aryl methyl sites for hydroxylation is 1. The minimum atomic E-state index is 0.482. The van der Waals surface area contributed by atoms with Crippen LogP contribution in [0.15, 0.2) is 12.1 Å². The zero-order valence-corrected chi connectivity index (χ0v) is 10.7. The third kappa shape index (κ3) is 2.81. The van der Waals surface area contributed by atoms with E-state index in [2.05, 4.69) is 13.8 Å². The molecule has 0 amide bonds. The van der Waals surface area contributed by atoms with E-state index in [4.69, 9.17) is 14.2 Å². The van der Waals surface area contributed by atoms with Gasteiger partial charge in [0.05, 0.1) is 20.8 Å².